The molecule has 2 aromatic rings. The molecule has 0 aliphatic heterocycles. The van der Waals surface area contributed by atoms with Crippen molar-refractivity contribution in [2.45, 2.75) is 20.3 Å². The molecule has 2 rings (SSSR count). The van der Waals surface area contributed by atoms with Gasteiger partial charge < -0.3 is 19.7 Å². The Hall–Kier alpha value is -2.62. The molecule has 0 bridgehead atoms. The van der Waals surface area contributed by atoms with Gasteiger partial charge in [0, 0.05) is 0 Å². The summed E-state index contributed by atoms with van der Waals surface area (Å²) in [5.41, 5.74) is 3.31. The summed E-state index contributed by atoms with van der Waals surface area (Å²) < 4.78 is 10.3. The van der Waals surface area contributed by atoms with Crippen molar-refractivity contribution in [1.82, 2.24) is 0 Å². The van der Waals surface area contributed by atoms with Gasteiger partial charge in [-0.15, -0.1) is 0 Å². The lowest BCUT2D eigenvalue weighted by atomic mass is 9.93. The quantitative estimate of drug-likeness (QED) is 0.825. The Bertz CT molecular complexity index is 734. The standard InChI is InChI=1S/C20H24O4/c1-13(9-15-5-7-17(21)19(11-15)23-3)14(2)10-16-6-8-18(22)20(12-16)24-4/h5-9,11-12,14,21-22H,10H2,1-4H3/b13-9-/t14-/m0/s1. The van der Waals surface area contributed by atoms with E-state index in [4.69, 9.17) is 9.47 Å². The molecule has 0 saturated heterocycles. The van der Waals surface area contributed by atoms with Gasteiger partial charge in [0.25, 0.3) is 0 Å². The first-order chi connectivity index (χ1) is 11.4. The highest BCUT2D eigenvalue weighted by molar-refractivity contribution is 5.58. The number of phenolic OH excluding ortho intramolecular Hbond substituents is 2. The van der Waals surface area contributed by atoms with E-state index in [0.717, 1.165) is 17.5 Å². The van der Waals surface area contributed by atoms with E-state index >= 15 is 0 Å². The van der Waals surface area contributed by atoms with Crippen LogP contribution in [0, 0.1) is 5.92 Å². The average molecular weight is 328 g/mol. The Morgan fingerprint density at radius 3 is 2.21 bits per heavy atom. The van der Waals surface area contributed by atoms with Gasteiger partial charge in [-0.25, -0.2) is 0 Å². The maximum Gasteiger partial charge on any atom is 0.161 e. The zero-order chi connectivity index (χ0) is 17.7. The van der Waals surface area contributed by atoms with Gasteiger partial charge in [-0.2, -0.15) is 0 Å². The molecular formula is C20H24O4. The normalized spacial score (nSPS) is 12.8. The third-order valence-corrected chi connectivity index (χ3v) is 4.16. The number of methoxy groups -OCH3 is 2. The van der Waals surface area contributed by atoms with E-state index in [-0.39, 0.29) is 11.5 Å². The van der Waals surface area contributed by atoms with Crippen molar-refractivity contribution < 1.29 is 19.7 Å². The minimum atomic E-state index is 0.136. The molecule has 1 atom stereocenters. The molecule has 0 aliphatic rings. The van der Waals surface area contributed by atoms with Gasteiger partial charge in [-0.05, 0) is 54.7 Å². The Morgan fingerprint density at radius 2 is 1.58 bits per heavy atom. The Labute approximate surface area is 143 Å². The van der Waals surface area contributed by atoms with Crippen molar-refractivity contribution in [3.63, 3.8) is 0 Å². The van der Waals surface area contributed by atoms with Gasteiger partial charge in [0.05, 0.1) is 14.2 Å². The molecule has 0 amide bonds. The molecule has 0 radical (unpaired) electrons. The second kappa shape index (κ2) is 7.77. The second-order valence-corrected chi connectivity index (χ2v) is 5.93. The number of rotatable bonds is 6. The van der Waals surface area contributed by atoms with Crippen LogP contribution in [0.5, 0.6) is 23.0 Å². The molecule has 0 aliphatic carbocycles. The van der Waals surface area contributed by atoms with E-state index < -0.39 is 0 Å². The minimum absolute atomic E-state index is 0.136. The van der Waals surface area contributed by atoms with Crippen molar-refractivity contribution in [3.05, 3.63) is 53.1 Å². The zero-order valence-corrected chi connectivity index (χ0v) is 14.5. The molecule has 4 nitrogen and oxygen atoms in total. The number of benzene rings is 2. The monoisotopic (exact) mass is 328 g/mol. The molecule has 128 valence electrons. The highest BCUT2D eigenvalue weighted by Gasteiger charge is 2.10. The number of hydrogen-bond acceptors (Lipinski definition) is 4. The van der Waals surface area contributed by atoms with Gasteiger partial charge in [0.1, 0.15) is 0 Å². The van der Waals surface area contributed by atoms with Crippen molar-refractivity contribution in [3.8, 4) is 23.0 Å². The maximum atomic E-state index is 9.68. The Kier molecular flexibility index (Phi) is 5.74. The number of aromatic hydroxyl groups is 2. The van der Waals surface area contributed by atoms with Crippen LogP contribution in [-0.4, -0.2) is 24.4 Å². The van der Waals surface area contributed by atoms with E-state index in [9.17, 15) is 10.2 Å². The summed E-state index contributed by atoms with van der Waals surface area (Å²) >= 11 is 0. The lowest BCUT2D eigenvalue weighted by molar-refractivity contribution is 0.372. The topological polar surface area (TPSA) is 58.9 Å². The van der Waals surface area contributed by atoms with Crippen LogP contribution in [-0.2, 0) is 6.42 Å². The van der Waals surface area contributed by atoms with Crippen LogP contribution >= 0.6 is 0 Å². The van der Waals surface area contributed by atoms with Crippen LogP contribution in [0.25, 0.3) is 6.08 Å². The SMILES string of the molecule is COc1cc(/C=C(/C)[C@@H](C)Cc2ccc(O)c(OC)c2)ccc1O. The molecule has 0 fully saturated rings. The first-order valence-corrected chi connectivity index (χ1v) is 7.85. The highest BCUT2D eigenvalue weighted by Crippen LogP contribution is 2.30. The largest absolute Gasteiger partial charge is 0.504 e. The van der Waals surface area contributed by atoms with Gasteiger partial charge in [0.2, 0.25) is 0 Å². The molecule has 0 unspecified atom stereocenters. The molecule has 4 heteroatoms. The van der Waals surface area contributed by atoms with Gasteiger partial charge in [0.15, 0.2) is 23.0 Å². The smallest absolute Gasteiger partial charge is 0.161 e. The van der Waals surface area contributed by atoms with Crippen molar-refractivity contribution in [2.75, 3.05) is 14.2 Å². The third-order valence-electron chi connectivity index (χ3n) is 4.16. The van der Waals surface area contributed by atoms with E-state index in [2.05, 4.69) is 19.9 Å². The summed E-state index contributed by atoms with van der Waals surface area (Å²) in [7, 11) is 3.09. The van der Waals surface area contributed by atoms with Gasteiger partial charge in [-0.3, -0.25) is 0 Å². The number of ether oxygens (including phenoxy) is 2. The highest BCUT2D eigenvalue weighted by atomic mass is 16.5. The van der Waals surface area contributed by atoms with Crippen LogP contribution in [0.4, 0.5) is 0 Å². The van der Waals surface area contributed by atoms with Crippen LogP contribution in [0.15, 0.2) is 42.0 Å². The first-order valence-electron chi connectivity index (χ1n) is 7.85. The van der Waals surface area contributed by atoms with Crippen LogP contribution in [0.2, 0.25) is 0 Å². The van der Waals surface area contributed by atoms with E-state index in [1.54, 1.807) is 19.2 Å². The van der Waals surface area contributed by atoms with E-state index in [1.165, 1.54) is 12.7 Å². The van der Waals surface area contributed by atoms with Gasteiger partial charge >= 0.3 is 0 Å². The lowest BCUT2D eigenvalue weighted by Crippen LogP contribution is -2.01. The van der Waals surface area contributed by atoms with Crippen LogP contribution in [0.3, 0.4) is 0 Å². The van der Waals surface area contributed by atoms with E-state index in [1.807, 2.05) is 24.3 Å². The molecule has 24 heavy (non-hydrogen) atoms. The summed E-state index contributed by atoms with van der Waals surface area (Å²) in [5.74, 6) is 1.56. The van der Waals surface area contributed by atoms with Crippen molar-refractivity contribution >= 4 is 6.08 Å². The van der Waals surface area contributed by atoms with Crippen LogP contribution in [0.1, 0.15) is 25.0 Å². The van der Waals surface area contributed by atoms with Crippen molar-refractivity contribution in [1.29, 1.82) is 0 Å². The summed E-state index contributed by atoms with van der Waals surface area (Å²) in [4.78, 5) is 0. The number of allylic oxidation sites excluding steroid dienone is 1. The number of hydrogen-bond donors (Lipinski definition) is 2. The summed E-state index contributed by atoms with van der Waals surface area (Å²) in [6.45, 7) is 4.24. The fraction of sp³-hybridized carbons (Fsp3) is 0.300. The fourth-order valence-electron chi connectivity index (χ4n) is 2.55. The third kappa shape index (κ3) is 4.22. The summed E-state index contributed by atoms with van der Waals surface area (Å²) in [6, 6.07) is 10.7. The molecular weight excluding hydrogens is 304 g/mol. The molecule has 0 heterocycles. The molecule has 0 spiro atoms. The zero-order valence-electron chi connectivity index (χ0n) is 14.5. The maximum absolute atomic E-state index is 9.68. The average Bonchev–Trinajstić information content (AvgIpc) is 2.58. The fourth-order valence-corrected chi connectivity index (χ4v) is 2.55. The predicted octanol–water partition coefficient (Wildman–Crippen LogP) is 4.40. The lowest BCUT2D eigenvalue weighted by Gasteiger charge is -2.14. The molecule has 2 N–H and O–H groups in total. The summed E-state index contributed by atoms with van der Waals surface area (Å²) in [6.07, 6.45) is 2.93. The van der Waals surface area contributed by atoms with Gasteiger partial charge in [-0.1, -0.05) is 30.7 Å². The Morgan fingerprint density at radius 1 is 1.00 bits per heavy atom. The molecule has 0 saturated carbocycles. The predicted molar refractivity (Wildman–Crippen MR) is 95.8 cm³/mol. The molecule has 2 aromatic carbocycles. The first kappa shape index (κ1) is 17.7. The van der Waals surface area contributed by atoms with Crippen molar-refractivity contribution in [2.24, 2.45) is 5.92 Å². The van der Waals surface area contributed by atoms with Crippen LogP contribution < -0.4 is 9.47 Å². The second-order valence-electron chi connectivity index (χ2n) is 5.93. The summed E-state index contributed by atoms with van der Waals surface area (Å²) in [5, 5.41) is 19.3. The Balaban J connectivity index is 2.15. The molecule has 0 aromatic heterocycles. The minimum Gasteiger partial charge on any atom is -0.504 e. The van der Waals surface area contributed by atoms with E-state index in [0.29, 0.717) is 17.4 Å². The number of phenols is 2.